The highest BCUT2D eigenvalue weighted by Gasteiger charge is 2.14. The van der Waals surface area contributed by atoms with Gasteiger partial charge in [-0.1, -0.05) is 12.1 Å². The maximum absolute atomic E-state index is 13.7. The first-order valence-corrected chi connectivity index (χ1v) is 7.01. The van der Waals surface area contributed by atoms with Crippen LogP contribution >= 0.6 is 22.6 Å². The highest BCUT2D eigenvalue weighted by molar-refractivity contribution is 14.1. The van der Waals surface area contributed by atoms with E-state index >= 15 is 0 Å². The van der Waals surface area contributed by atoms with Crippen LogP contribution in [0.4, 0.5) is 10.1 Å². The molecule has 0 heterocycles. The number of anilines is 1. The third kappa shape index (κ3) is 3.09. The third-order valence-electron chi connectivity index (χ3n) is 2.86. The first-order chi connectivity index (χ1) is 9.52. The number of carbonyl (C=O) groups excluding carboxylic acids is 1. The Kier molecular flexibility index (Phi) is 4.59. The Morgan fingerprint density at radius 3 is 2.75 bits per heavy atom. The Morgan fingerprint density at radius 1 is 1.30 bits per heavy atom. The second-order valence-electron chi connectivity index (χ2n) is 4.24. The van der Waals surface area contributed by atoms with Gasteiger partial charge in [-0.2, -0.15) is 0 Å². The lowest BCUT2D eigenvalue weighted by Gasteiger charge is -2.10. The number of aryl methyl sites for hydroxylation is 1. The van der Waals surface area contributed by atoms with Gasteiger partial charge < -0.3 is 10.1 Å². The van der Waals surface area contributed by atoms with Gasteiger partial charge in [-0.25, -0.2) is 4.39 Å². The maximum atomic E-state index is 13.7. The molecule has 3 nitrogen and oxygen atoms in total. The quantitative estimate of drug-likeness (QED) is 0.812. The molecule has 0 aliphatic rings. The lowest BCUT2D eigenvalue weighted by molar-refractivity contribution is 0.102. The van der Waals surface area contributed by atoms with Crippen LogP contribution < -0.4 is 10.1 Å². The molecule has 0 saturated carbocycles. The Labute approximate surface area is 130 Å². The number of hydrogen-bond donors (Lipinski definition) is 1. The summed E-state index contributed by atoms with van der Waals surface area (Å²) in [5.41, 5.74) is 1.63. The Balaban J connectivity index is 2.30. The van der Waals surface area contributed by atoms with Crippen LogP contribution in [0.15, 0.2) is 36.4 Å². The molecule has 0 spiro atoms. The number of halogens is 2. The summed E-state index contributed by atoms with van der Waals surface area (Å²) >= 11 is 2.11. The van der Waals surface area contributed by atoms with Crippen molar-refractivity contribution in [2.75, 3.05) is 12.4 Å². The number of amides is 1. The van der Waals surface area contributed by atoms with Crippen molar-refractivity contribution in [3.8, 4) is 5.75 Å². The number of ether oxygens (including phenoxy) is 1. The molecule has 0 aliphatic heterocycles. The molecule has 0 bridgehead atoms. The maximum Gasteiger partial charge on any atom is 0.256 e. The fourth-order valence-electron chi connectivity index (χ4n) is 1.74. The SMILES string of the molecule is COc1ccc(F)c(NC(=O)c2cccc(C)c2I)c1. The van der Waals surface area contributed by atoms with Gasteiger partial charge in [-0.3, -0.25) is 4.79 Å². The number of benzene rings is 2. The van der Waals surface area contributed by atoms with E-state index < -0.39 is 5.82 Å². The Bertz CT molecular complexity index is 658. The van der Waals surface area contributed by atoms with Crippen molar-refractivity contribution < 1.29 is 13.9 Å². The summed E-state index contributed by atoms with van der Waals surface area (Å²) in [6.07, 6.45) is 0. The van der Waals surface area contributed by atoms with E-state index in [2.05, 4.69) is 27.9 Å². The van der Waals surface area contributed by atoms with Crippen molar-refractivity contribution in [3.63, 3.8) is 0 Å². The molecule has 0 unspecified atom stereocenters. The smallest absolute Gasteiger partial charge is 0.256 e. The Morgan fingerprint density at radius 2 is 2.05 bits per heavy atom. The molecule has 2 rings (SSSR count). The summed E-state index contributed by atoms with van der Waals surface area (Å²) in [6.45, 7) is 1.92. The zero-order chi connectivity index (χ0) is 14.7. The van der Waals surface area contributed by atoms with E-state index in [-0.39, 0.29) is 11.6 Å². The van der Waals surface area contributed by atoms with Crippen molar-refractivity contribution in [2.45, 2.75) is 6.92 Å². The number of methoxy groups -OCH3 is 1. The highest BCUT2D eigenvalue weighted by atomic mass is 127. The fourth-order valence-corrected chi connectivity index (χ4v) is 2.34. The number of carbonyl (C=O) groups is 1. The Hall–Kier alpha value is -1.63. The second-order valence-corrected chi connectivity index (χ2v) is 5.32. The molecule has 0 radical (unpaired) electrons. The largest absolute Gasteiger partial charge is 0.497 e. The minimum atomic E-state index is -0.498. The van der Waals surface area contributed by atoms with Gasteiger partial charge in [0, 0.05) is 9.64 Å². The van der Waals surface area contributed by atoms with Crippen LogP contribution in [0.5, 0.6) is 5.75 Å². The van der Waals surface area contributed by atoms with Gasteiger partial charge in [0.05, 0.1) is 18.4 Å². The van der Waals surface area contributed by atoms with Crippen molar-refractivity contribution >= 4 is 34.2 Å². The van der Waals surface area contributed by atoms with Gasteiger partial charge in [0.15, 0.2) is 0 Å². The van der Waals surface area contributed by atoms with Crippen LogP contribution in [-0.2, 0) is 0 Å². The number of rotatable bonds is 3. The molecule has 0 aromatic heterocycles. The minimum Gasteiger partial charge on any atom is -0.497 e. The molecular formula is C15H13FINO2. The van der Waals surface area contributed by atoms with Gasteiger partial charge in [0.2, 0.25) is 0 Å². The minimum absolute atomic E-state index is 0.103. The van der Waals surface area contributed by atoms with Crippen molar-refractivity contribution in [3.05, 3.63) is 56.9 Å². The van der Waals surface area contributed by atoms with Crippen LogP contribution in [-0.4, -0.2) is 13.0 Å². The lowest BCUT2D eigenvalue weighted by atomic mass is 10.1. The first kappa shape index (κ1) is 14.8. The van der Waals surface area contributed by atoms with Crippen LogP contribution in [0, 0.1) is 16.3 Å². The fraction of sp³-hybridized carbons (Fsp3) is 0.133. The molecule has 2 aromatic rings. The van der Waals surface area contributed by atoms with E-state index in [1.165, 1.54) is 25.3 Å². The molecule has 0 fully saturated rings. The normalized spacial score (nSPS) is 10.2. The predicted molar refractivity (Wildman–Crippen MR) is 84.8 cm³/mol. The second kappa shape index (κ2) is 6.21. The number of nitrogens with one attached hydrogen (secondary N) is 1. The molecule has 1 N–H and O–H groups in total. The summed E-state index contributed by atoms with van der Waals surface area (Å²) in [7, 11) is 1.49. The molecule has 0 aliphatic carbocycles. The monoisotopic (exact) mass is 385 g/mol. The molecular weight excluding hydrogens is 372 g/mol. The lowest BCUT2D eigenvalue weighted by Crippen LogP contribution is -2.15. The molecule has 0 saturated heterocycles. The van der Waals surface area contributed by atoms with Crippen LogP contribution in [0.3, 0.4) is 0 Å². The molecule has 0 atom stereocenters. The van der Waals surface area contributed by atoms with E-state index in [0.29, 0.717) is 11.3 Å². The van der Waals surface area contributed by atoms with Crippen molar-refractivity contribution in [2.24, 2.45) is 0 Å². The zero-order valence-electron chi connectivity index (χ0n) is 11.0. The summed E-state index contributed by atoms with van der Waals surface area (Å²) in [6, 6.07) is 9.65. The summed E-state index contributed by atoms with van der Waals surface area (Å²) in [5.74, 6) is -0.354. The summed E-state index contributed by atoms with van der Waals surface area (Å²) < 4.78 is 19.6. The zero-order valence-corrected chi connectivity index (χ0v) is 13.2. The van der Waals surface area contributed by atoms with Gasteiger partial charge in [-0.15, -0.1) is 0 Å². The van der Waals surface area contributed by atoms with Crippen molar-refractivity contribution in [1.29, 1.82) is 0 Å². The van der Waals surface area contributed by atoms with Gasteiger partial charge in [0.1, 0.15) is 11.6 Å². The van der Waals surface area contributed by atoms with E-state index in [0.717, 1.165) is 9.13 Å². The van der Waals surface area contributed by atoms with Crippen LogP contribution in [0.2, 0.25) is 0 Å². The number of hydrogen-bond acceptors (Lipinski definition) is 2. The first-order valence-electron chi connectivity index (χ1n) is 5.93. The topological polar surface area (TPSA) is 38.3 Å². The average Bonchev–Trinajstić information content (AvgIpc) is 2.44. The molecule has 1 amide bonds. The molecule has 5 heteroatoms. The van der Waals surface area contributed by atoms with E-state index in [1.54, 1.807) is 12.1 Å². The molecule has 104 valence electrons. The van der Waals surface area contributed by atoms with Gasteiger partial charge >= 0.3 is 0 Å². The van der Waals surface area contributed by atoms with Crippen molar-refractivity contribution in [1.82, 2.24) is 0 Å². The van der Waals surface area contributed by atoms with E-state index in [9.17, 15) is 9.18 Å². The van der Waals surface area contributed by atoms with Gasteiger partial charge in [-0.05, 0) is 53.3 Å². The van der Waals surface area contributed by atoms with Gasteiger partial charge in [0.25, 0.3) is 5.91 Å². The molecule has 20 heavy (non-hydrogen) atoms. The average molecular weight is 385 g/mol. The summed E-state index contributed by atoms with van der Waals surface area (Å²) in [5, 5.41) is 2.57. The standard InChI is InChI=1S/C15H13FINO2/c1-9-4-3-5-11(14(9)17)15(19)18-13-8-10(20-2)6-7-12(13)16/h3-8H,1-2H3,(H,18,19). The van der Waals surface area contributed by atoms with E-state index in [4.69, 9.17) is 4.74 Å². The predicted octanol–water partition coefficient (Wildman–Crippen LogP) is 4.00. The van der Waals surface area contributed by atoms with E-state index in [1.807, 2.05) is 13.0 Å². The molecule has 2 aromatic carbocycles. The third-order valence-corrected chi connectivity index (χ3v) is 4.29. The van der Waals surface area contributed by atoms with Crippen LogP contribution in [0.25, 0.3) is 0 Å². The highest BCUT2D eigenvalue weighted by Crippen LogP contribution is 2.23. The van der Waals surface area contributed by atoms with Crippen LogP contribution in [0.1, 0.15) is 15.9 Å². The summed E-state index contributed by atoms with van der Waals surface area (Å²) in [4.78, 5) is 12.2.